The van der Waals surface area contributed by atoms with E-state index in [2.05, 4.69) is 10.5 Å². The zero-order valence-corrected chi connectivity index (χ0v) is 15.1. The molecule has 1 aromatic heterocycles. The van der Waals surface area contributed by atoms with Crippen LogP contribution in [0.4, 0.5) is 11.6 Å². The molecule has 4 rings (SSSR count). The topological polar surface area (TPSA) is 75.4 Å². The molecule has 1 N–H and O–H groups in total. The quantitative estimate of drug-likeness (QED) is 0.771. The fourth-order valence-electron chi connectivity index (χ4n) is 3.48. The van der Waals surface area contributed by atoms with Crippen LogP contribution in [0.15, 0.2) is 59.1 Å². The minimum absolute atomic E-state index is 0.0918. The van der Waals surface area contributed by atoms with Crippen LogP contribution in [0.2, 0.25) is 0 Å². The monoisotopic (exact) mass is 361 g/mol. The summed E-state index contributed by atoms with van der Waals surface area (Å²) in [6, 6.07) is 17.1. The summed E-state index contributed by atoms with van der Waals surface area (Å²) in [5.41, 5.74) is 3.93. The van der Waals surface area contributed by atoms with Gasteiger partial charge in [-0.2, -0.15) is 0 Å². The van der Waals surface area contributed by atoms with E-state index in [0.717, 1.165) is 22.4 Å². The zero-order valence-electron chi connectivity index (χ0n) is 15.1. The average Bonchev–Trinajstić information content (AvgIpc) is 3.05. The van der Waals surface area contributed by atoms with Gasteiger partial charge < -0.3 is 9.42 Å². The first-order valence-corrected chi connectivity index (χ1v) is 8.74. The number of rotatable bonds is 3. The van der Waals surface area contributed by atoms with Crippen LogP contribution in [0.3, 0.4) is 0 Å². The van der Waals surface area contributed by atoms with Gasteiger partial charge in [-0.25, -0.2) is 0 Å². The number of carbonyl (C=O) groups is 2. The Morgan fingerprint density at radius 2 is 1.85 bits per heavy atom. The number of aryl methyl sites for hydroxylation is 1. The highest BCUT2D eigenvalue weighted by Crippen LogP contribution is 2.37. The van der Waals surface area contributed by atoms with Crippen LogP contribution in [-0.2, 0) is 9.59 Å². The maximum atomic E-state index is 13.0. The van der Waals surface area contributed by atoms with Crippen LogP contribution in [0.1, 0.15) is 23.6 Å². The number of nitrogens with one attached hydrogen (secondary N) is 1. The summed E-state index contributed by atoms with van der Waals surface area (Å²) >= 11 is 0. The molecule has 2 amide bonds. The predicted octanol–water partition coefficient (Wildman–Crippen LogP) is 3.74. The molecule has 1 aliphatic heterocycles. The molecule has 0 fully saturated rings. The van der Waals surface area contributed by atoms with Gasteiger partial charge in [0.05, 0.1) is 17.2 Å². The van der Waals surface area contributed by atoms with Crippen LogP contribution in [-0.4, -0.2) is 24.0 Å². The summed E-state index contributed by atoms with van der Waals surface area (Å²) in [6.45, 7) is 1.83. The summed E-state index contributed by atoms with van der Waals surface area (Å²) in [4.78, 5) is 26.9. The number of hydrogen-bond donors (Lipinski definition) is 1. The zero-order chi connectivity index (χ0) is 19.0. The summed E-state index contributed by atoms with van der Waals surface area (Å²) in [5, 5.41) is 6.83. The molecule has 1 unspecified atom stereocenters. The molecule has 136 valence electrons. The van der Waals surface area contributed by atoms with Crippen molar-refractivity contribution in [3.63, 3.8) is 0 Å². The number of fused-ring (bicyclic) bond motifs is 1. The first kappa shape index (κ1) is 17.0. The molecule has 0 bridgehead atoms. The van der Waals surface area contributed by atoms with Crippen molar-refractivity contribution in [2.45, 2.75) is 19.3 Å². The molecule has 27 heavy (non-hydrogen) atoms. The molecule has 6 heteroatoms. The molecule has 2 aromatic carbocycles. The molecule has 0 saturated heterocycles. The van der Waals surface area contributed by atoms with E-state index in [4.69, 9.17) is 4.52 Å². The van der Waals surface area contributed by atoms with Crippen LogP contribution in [0.25, 0.3) is 11.1 Å². The Labute approximate surface area is 156 Å². The fourth-order valence-corrected chi connectivity index (χ4v) is 3.48. The molecule has 1 atom stereocenters. The van der Waals surface area contributed by atoms with Gasteiger partial charge in [-0.05, 0) is 24.1 Å². The molecular formula is C21H19N3O3. The molecule has 1 aliphatic rings. The fraction of sp³-hybridized carbons (Fsp3) is 0.190. The Bertz CT molecular complexity index is 1010. The molecule has 0 radical (unpaired) electrons. The highest BCUT2D eigenvalue weighted by molar-refractivity contribution is 6.06. The number of aromatic nitrogens is 1. The highest BCUT2D eigenvalue weighted by Gasteiger charge is 2.34. The van der Waals surface area contributed by atoms with Crippen molar-refractivity contribution in [1.82, 2.24) is 5.16 Å². The summed E-state index contributed by atoms with van der Waals surface area (Å²) in [5.74, 6) is -0.644. The number of carbonyl (C=O) groups excluding carboxylic acids is 2. The van der Waals surface area contributed by atoms with Gasteiger partial charge in [0.15, 0.2) is 0 Å². The van der Waals surface area contributed by atoms with E-state index in [-0.39, 0.29) is 18.2 Å². The molecule has 0 aliphatic carbocycles. The number of amides is 2. The van der Waals surface area contributed by atoms with Gasteiger partial charge in [-0.3, -0.25) is 14.9 Å². The van der Waals surface area contributed by atoms with Crippen LogP contribution in [0.5, 0.6) is 0 Å². The largest absolute Gasteiger partial charge is 0.337 e. The lowest BCUT2D eigenvalue weighted by molar-refractivity contribution is -0.124. The number of nitrogens with zero attached hydrogens (tertiary/aromatic N) is 2. The van der Waals surface area contributed by atoms with Gasteiger partial charge >= 0.3 is 0 Å². The molecule has 2 heterocycles. The Morgan fingerprint density at radius 3 is 2.63 bits per heavy atom. The average molecular weight is 361 g/mol. The van der Waals surface area contributed by atoms with Crippen molar-refractivity contribution in [2.75, 3.05) is 17.3 Å². The highest BCUT2D eigenvalue weighted by atomic mass is 16.5. The number of para-hydroxylation sites is 1. The Morgan fingerprint density at radius 1 is 1.15 bits per heavy atom. The first-order chi connectivity index (χ1) is 13.1. The van der Waals surface area contributed by atoms with Crippen molar-refractivity contribution in [1.29, 1.82) is 0 Å². The predicted molar refractivity (Wildman–Crippen MR) is 103 cm³/mol. The molecule has 6 nitrogen and oxygen atoms in total. The molecule has 3 aromatic rings. The Hall–Kier alpha value is -3.41. The second kappa shape index (κ2) is 6.72. The van der Waals surface area contributed by atoms with Crippen molar-refractivity contribution in [3.8, 4) is 11.1 Å². The lowest BCUT2D eigenvalue weighted by Gasteiger charge is -2.30. The van der Waals surface area contributed by atoms with Gasteiger partial charge in [0, 0.05) is 19.2 Å². The van der Waals surface area contributed by atoms with E-state index in [0.29, 0.717) is 11.6 Å². The maximum absolute atomic E-state index is 13.0. The SMILES string of the molecule is Cc1noc(NC(=O)C2CC(=O)N(C)c3ccccc32)c1-c1ccccc1. The molecule has 0 saturated carbocycles. The lowest BCUT2D eigenvalue weighted by Crippen LogP contribution is -2.37. The normalized spacial score (nSPS) is 16.1. The smallest absolute Gasteiger partial charge is 0.239 e. The third kappa shape index (κ3) is 2.99. The van der Waals surface area contributed by atoms with Crippen molar-refractivity contribution in [3.05, 3.63) is 65.9 Å². The van der Waals surface area contributed by atoms with Gasteiger partial charge in [0.1, 0.15) is 0 Å². The third-order valence-electron chi connectivity index (χ3n) is 4.90. The van der Waals surface area contributed by atoms with E-state index >= 15 is 0 Å². The first-order valence-electron chi connectivity index (χ1n) is 8.74. The van der Waals surface area contributed by atoms with Crippen LogP contribution in [0, 0.1) is 6.92 Å². The minimum Gasteiger partial charge on any atom is -0.337 e. The second-order valence-electron chi connectivity index (χ2n) is 6.60. The van der Waals surface area contributed by atoms with Crippen molar-refractivity contribution >= 4 is 23.4 Å². The summed E-state index contributed by atoms with van der Waals surface area (Å²) in [6.07, 6.45) is 0.118. The number of hydrogen-bond acceptors (Lipinski definition) is 4. The van der Waals surface area contributed by atoms with Gasteiger partial charge in [0.25, 0.3) is 0 Å². The van der Waals surface area contributed by atoms with E-state index in [1.807, 2.05) is 61.5 Å². The molecule has 0 spiro atoms. The summed E-state index contributed by atoms with van der Waals surface area (Å²) < 4.78 is 5.37. The van der Waals surface area contributed by atoms with Gasteiger partial charge in [-0.15, -0.1) is 0 Å². The van der Waals surface area contributed by atoms with E-state index in [1.54, 1.807) is 11.9 Å². The Balaban J connectivity index is 1.67. The number of anilines is 2. The van der Waals surface area contributed by atoms with Crippen LogP contribution >= 0.6 is 0 Å². The maximum Gasteiger partial charge on any atom is 0.239 e. The minimum atomic E-state index is -0.570. The Kier molecular flexibility index (Phi) is 4.24. The van der Waals surface area contributed by atoms with Crippen molar-refractivity contribution in [2.24, 2.45) is 0 Å². The molecular weight excluding hydrogens is 342 g/mol. The van der Waals surface area contributed by atoms with E-state index in [9.17, 15) is 9.59 Å². The van der Waals surface area contributed by atoms with E-state index < -0.39 is 5.92 Å². The van der Waals surface area contributed by atoms with Crippen molar-refractivity contribution < 1.29 is 14.1 Å². The van der Waals surface area contributed by atoms with Crippen LogP contribution < -0.4 is 10.2 Å². The third-order valence-corrected chi connectivity index (χ3v) is 4.90. The lowest BCUT2D eigenvalue weighted by atomic mass is 9.89. The van der Waals surface area contributed by atoms with Gasteiger partial charge in [0.2, 0.25) is 17.7 Å². The second-order valence-corrected chi connectivity index (χ2v) is 6.60. The van der Waals surface area contributed by atoms with E-state index in [1.165, 1.54) is 0 Å². The summed E-state index contributed by atoms with van der Waals surface area (Å²) in [7, 11) is 1.72. The standard InChI is InChI=1S/C21H19N3O3/c1-13-19(14-8-4-3-5-9-14)21(27-23-13)22-20(26)16-12-18(25)24(2)17-11-7-6-10-15(16)17/h3-11,16H,12H2,1-2H3,(H,22,26). The van der Waals surface area contributed by atoms with Gasteiger partial charge in [-0.1, -0.05) is 53.7 Å². The number of benzene rings is 2.